The third-order valence-corrected chi connectivity index (χ3v) is 13.7. The quantitative estimate of drug-likeness (QED) is 0.0145. The zero-order chi connectivity index (χ0) is 51.8. The van der Waals surface area contributed by atoms with Crippen molar-refractivity contribution in [1.29, 1.82) is 0 Å². The van der Waals surface area contributed by atoms with Crippen molar-refractivity contribution in [2.75, 3.05) is 25.6 Å². The highest BCUT2D eigenvalue weighted by Gasteiger charge is 2.46. The summed E-state index contributed by atoms with van der Waals surface area (Å²) in [6.07, 6.45) is 22.8. The fourth-order valence-electron chi connectivity index (χ4n) is 7.12. The number of aromatic nitrogens is 2. The van der Waals surface area contributed by atoms with E-state index < -0.39 is 95.9 Å². The van der Waals surface area contributed by atoms with Crippen molar-refractivity contribution in [3.63, 3.8) is 0 Å². The first kappa shape index (κ1) is 62.8. The van der Waals surface area contributed by atoms with Crippen LogP contribution in [-0.2, 0) is 46.3 Å². The molecule has 2 rings (SSSR count). The minimum atomic E-state index is -5.48. The van der Waals surface area contributed by atoms with Gasteiger partial charge in [-0.2, -0.15) is 9.29 Å². The smallest absolute Gasteiger partial charge is 0.462 e. The number of phosphoric ester groups is 2. The summed E-state index contributed by atoms with van der Waals surface area (Å²) in [5.74, 6) is -0.801. The summed E-state index contributed by atoms with van der Waals surface area (Å²) in [5, 5.41) is 41.2. The van der Waals surface area contributed by atoms with Gasteiger partial charge >= 0.3 is 33.3 Å². The molecule has 2 heterocycles. The Hall–Kier alpha value is -3.36. The van der Waals surface area contributed by atoms with E-state index in [0.29, 0.717) is 12.8 Å². The molecule has 70 heavy (non-hydrogen) atoms. The van der Waals surface area contributed by atoms with E-state index >= 15 is 0 Å². The highest BCUT2D eigenvalue weighted by atomic mass is 31.3. The van der Waals surface area contributed by atoms with Crippen molar-refractivity contribution in [3.8, 4) is 0 Å². The summed E-state index contributed by atoms with van der Waals surface area (Å²) in [4.78, 5) is 61.8. The molecule has 1 aromatic rings. The number of unbranched alkanes of at least 4 members (excludes halogenated alkanes) is 11. The second-order valence-electron chi connectivity index (χ2n) is 17.8. The number of ether oxygens (including phenoxy) is 3. The monoisotopic (exact) mass is 1030 g/mol. The van der Waals surface area contributed by atoms with E-state index in [2.05, 4.69) is 30.1 Å². The number of nitrogens with two attached hydrogens (primary N) is 1. The molecule has 0 spiro atoms. The van der Waals surface area contributed by atoms with Crippen LogP contribution < -0.4 is 11.4 Å². The summed E-state index contributed by atoms with van der Waals surface area (Å²) in [6.45, 7) is 4.09. The molecule has 400 valence electrons. The SMILES string of the molecule is CCCCC[C@@H](O)/C=C/C=C\C/C=C\C=C\[C@@H](O)CCCC(=O)O[C@H](COC(=O)CCCCCCCCCCCCC(C)C)COP(=O)(O)OP(=O)(O)OC[C@H]1O[C@@H](n2ccc(N)nc2=O)[C@H](O)[C@@H]1O. The maximum atomic E-state index is 12.9. The number of hydrogen-bond donors (Lipinski definition) is 7. The fourth-order valence-corrected chi connectivity index (χ4v) is 9.23. The van der Waals surface area contributed by atoms with Crippen LogP contribution in [0.15, 0.2) is 65.7 Å². The van der Waals surface area contributed by atoms with Crippen LogP contribution >= 0.6 is 15.6 Å². The minimum absolute atomic E-state index is 0.0771. The number of rotatable bonds is 39. The van der Waals surface area contributed by atoms with Crippen molar-refractivity contribution in [2.24, 2.45) is 5.92 Å². The minimum Gasteiger partial charge on any atom is -0.462 e. The molecule has 0 amide bonds. The van der Waals surface area contributed by atoms with Crippen LogP contribution in [0.25, 0.3) is 0 Å². The van der Waals surface area contributed by atoms with Crippen LogP contribution in [0.3, 0.4) is 0 Å². The van der Waals surface area contributed by atoms with Gasteiger partial charge in [0.15, 0.2) is 12.3 Å². The number of aliphatic hydroxyl groups is 4. The van der Waals surface area contributed by atoms with Crippen LogP contribution in [0, 0.1) is 5.92 Å². The third-order valence-electron chi connectivity index (χ3n) is 11.1. The number of allylic oxidation sites excluding steroid dienone is 6. The average molecular weight is 1030 g/mol. The number of carbonyl (C=O) groups excluding carboxylic acids is 2. The summed E-state index contributed by atoms with van der Waals surface area (Å²) in [5.41, 5.74) is 4.56. The van der Waals surface area contributed by atoms with E-state index in [-0.39, 0.29) is 31.5 Å². The average Bonchev–Trinajstić information content (AvgIpc) is 3.57. The Morgan fingerprint density at radius 2 is 1.33 bits per heavy atom. The standard InChI is InChI=1S/C48H81N3O17P2/c1-4-5-19-26-38(52)27-21-16-12-10-13-17-22-28-39(53)29-24-31-44(55)66-40(34-63-43(54)30-23-18-14-9-7-6-8-11-15-20-25-37(2)3)35-64-69(59,60)68-70(61,62)65-36-41-45(56)46(57)47(67-41)51-33-32-42(49)50-48(51)58/h12-13,16-17,21-22,27-28,32-33,37-41,45-47,52-53,56-57H,4-11,14-15,18-20,23-26,29-31,34-36H2,1-3H3,(H,59,60)(H,61,62)(H2,49,50,58)/b16-12-,17-13-,27-21+,28-22+/t38-,39-,40-,41-,45-,46-,47-/m1/s1. The van der Waals surface area contributed by atoms with Crippen molar-refractivity contribution in [1.82, 2.24) is 9.55 Å². The molecule has 0 aliphatic carbocycles. The highest BCUT2D eigenvalue weighted by Crippen LogP contribution is 2.60. The molecular weight excluding hydrogens is 952 g/mol. The molecule has 22 heteroatoms. The molecule has 8 N–H and O–H groups in total. The Bertz CT molecular complexity index is 1910. The molecule has 1 fully saturated rings. The molecule has 2 unspecified atom stereocenters. The van der Waals surface area contributed by atoms with Gasteiger partial charge in [-0.25, -0.2) is 13.9 Å². The van der Waals surface area contributed by atoms with Crippen LogP contribution in [-0.4, -0.2) is 108 Å². The molecule has 9 atom stereocenters. The molecule has 0 saturated carbocycles. The van der Waals surface area contributed by atoms with E-state index in [1.54, 1.807) is 24.3 Å². The van der Waals surface area contributed by atoms with E-state index in [0.717, 1.165) is 68.0 Å². The topological polar surface area (TPSA) is 306 Å². The number of anilines is 1. The lowest BCUT2D eigenvalue weighted by Gasteiger charge is -2.21. The maximum absolute atomic E-state index is 12.9. The number of nitrogens with zero attached hydrogens (tertiary/aromatic N) is 2. The number of phosphoric acid groups is 2. The molecule has 1 aliphatic rings. The van der Waals surface area contributed by atoms with Gasteiger partial charge in [0.25, 0.3) is 0 Å². The summed E-state index contributed by atoms with van der Waals surface area (Å²) >= 11 is 0. The number of carbonyl (C=O) groups is 2. The molecule has 0 aromatic carbocycles. The van der Waals surface area contributed by atoms with Gasteiger partial charge in [0.1, 0.15) is 30.7 Å². The zero-order valence-electron chi connectivity index (χ0n) is 41.2. The second-order valence-corrected chi connectivity index (χ2v) is 20.9. The largest absolute Gasteiger partial charge is 0.481 e. The van der Waals surface area contributed by atoms with Gasteiger partial charge in [0, 0.05) is 19.0 Å². The van der Waals surface area contributed by atoms with Crippen LogP contribution in [0.5, 0.6) is 0 Å². The Morgan fingerprint density at radius 3 is 1.93 bits per heavy atom. The molecule has 1 saturated heterocycles. The maximum Gasteiger partial charge on any atom is 0.481 e. The fraction of sp³-hybridized carbons (Fsp3) is 0.708. The van der Waals surface area contributed by atoms with Crippen molar-refractivity contribution in [3.05, 3.63) is 71.4 Å². The van der Waals surface area contributed by atoms with Gasteiger partial charge in [-0.15, -0.1) is 0 Å². The summed E-state index contributed by atoms with van der Waals surface area (Å²) in [7, 11) is -11.0. The van der Waals surface area contributed by atoms with Crippen molar-refractivity contribution >= 4 is 33.4 Å². The van der Waals surface area contributed by atoms with Crippen molar-refractivity contribution in [2.45, 2.75) is 192 Å². The van der Waals surface area contributed by atoms with Gasteiger partial charge in [-0.3, -0.25) is 23.2 Å². The van der Waals surface area contributed by atoms with Gasteiger partial charge in [0.05, 0.1) is 25.4 Å². The van der Waals surface area contributed by atoms with Gasteiger partial charge in [0.2, 0.25) is 0 Å². The molecule has 0 radical (unpaired) electrons. The molecule has 1 aliphatic heterocycles. The number of esters is 2. The molecular formula is C48H81N3O17P2. The van der Waals surface area contributed by atoms with Crippen LogP contribution in [0.4, 0.5) is 5.82 Å². The van der Waals surface area contributed by atoms with E-state index in [4.69, 9.17) is 29.0 Å². The Kier molecular flexibility index (Phi) is 32.0. The van der Waals surface area contributed by atoms with E-state index in [1.807, 2.05) is 24.3 Å². The lowest BCUT2D eigenvalue weighted by molar-refractivity contribution is -0.161. The third kappa shape index (κ3) is 29.2. The van der Waals surface area contributed by atoms with Crippen LogP contribution in [0.1, 0.15) is 155 Å². The predicted octanol–water partition coefficient (Wildman–Crippen LogP) is 7.57. The van der Waals surface area contributed by atoms with Gasteiger partial charge in [-0.1, -0.05) is 153 Å². The summed E-state index contributed by atoms with van der Waals surface area (Å²) in [6, 6.07) is 1.23. The Balaban J connectivity index is 1.88. The predicted molar refractivity (Wildman–Crippen MR) is 264 cm³/mol. The van der Waals surface area contributed by atoms with E-state index in [9.17, 15) is 53.7 Å². The number of aliphatic hydroxyl groups excluding tert-OH is 4. The lowest BCUT2D eigenvalue weighted by Crippen LogP contribution is -2.36. The lowest BCUT2D eigenvalue weighted by atomic mass is 10.0. The first-order valence-corrected chi connectivity index (χ1v) is 27.7. The normalized spacial score (nSPS) is 20.7. The van der Waals surface area contributed by atoms with Crippen LogP contribution in [0.2, 0.25) is 0 Å². The molecule has 20 nitrogen and oxygen atoms in total. The van der Waals surface area contributed by atoms with Crippen molar-refractivity contribution < 1.29 is 76.5 Å². The Labute approximate surface area is 413 Å². The highest BCUT2D eigenvalue weighted by molar-refractivity contribution is 7.61. The number of nitrogen functional groups attached to an aromatic ring is 1. The summed E-state index contributed by atoms with van der Waals surface area (Å²) < 4.78 is 56.5. The first-order chi connectivity index (χ1) is 33.3. The first-order valence-electron chi connectivity index (χ1n) is 24.7. The molecule has 0 bridgehead atoms. The Morgan fingerprint density at radius 1 is 0.771 bits per heavy atom. The zero-order valence-corrected chi connectivity index (χ0v) is 43.0. The van der Waals surface area contributed by atoms with Gasteiger partial charge in [-0.05, 0) is 44.1 Å². The van der Waals surface area contributed by atoms with E-state index in [1.165, 1.54) is 44.6 Å². The number of hydrogen-bond acceptors (Lipinski definition) is 17. The molecule has 1 aromatic heterocycles. The second kappa shape index (κ2) is 35.7. The van der Waals surface area contributed by atoms with Gasteiger partial charge < -0.3 is 50.2 Å².